The normalized spacial score (nSPS) is 24.9. The second-order valence-electron chi connectivity index (χ2n) is 1.88. The molecule has 1 rings (SSSR count). The summed E-state index contributed by atoms with van der Waals surface area (Å²) in [6.45, 7) is 1.71. The Bertz CT molecular complexity index is 180. The molecule has 1 aliphatic rings. The molecule has 0 aromatic rings. The summed E-state index contributed by atoms with van der Waals surface area (Å²) in [5.74, 6) is -0.272. The van der Waals surface area contributed by atoms with Crippen molar-refractivity contribution in [2.45, 2.75) is 13.0 Å². The molecule has 0 spiro atoms. The Morgan fingerprint density at radius 1 is 2.00 bits per heavy atom. The van der Waals surface area contributed by atoms with Gasteiger partial charge in [0.25, 0.3) is 0 Å². The van der Waals surface area contributed by atoms with E-state index in [4.69, 9.17) is 9.29 Å². The van der Waals surface area contributed by atoms with E-state index in [0.29, 0.717) is 5.76 Å². The average molecular weight is 161 g/mol. The number of carboxylic acids is 1. The van der Waals surface area contributed by atoms with Gasteiger partial charge in [-0.15, -0.1) is 0 Å². The molecule has 0 bridgehead atoms. The summed E-state index contributed by atoms with van der Waals surface area (Å²) in [5, 5.41) is 8.48. The third-order valence-electron chi connectivity index (χ3n) is 1.02. The monoisotopic (exact) mass is 161 g/mol. The average Bonchev–Trinajstić information content (AvgIpc) is 1.88. The van der Waals surface area contributed by atoms with Gasteiger partial charge >= 0.3 is 5.97 Å². The van der Waals surface area contributed by atoms with Gasteiger partial charge in [-0.05, 0) is 13.0 Å². The van der Waals surface area contributed by atoms with E-state index < -0.39 is 12.0 Å². The zero-order valence-corrected chi connectivity index (χ0v) is 6.14. The fraction of sp³-hybridized carbons (Fsp3) is 0.400. The molecule has 56 valence electrons. The van der Waals surface area contributed by atoms with Crippen LogP contribution in [0.1, 0.15) is 6.92 Å². The van der Waals surface area contributed by atoms with Crippen LogP contribution in [0.4, 0.5) is 0 Å². The Hall–Kier alpha value is -0.680. The maximum absolute atomic E-state index is 10.3. The molecule has 4 nitrogen and oxygen atoms in total. The summed E-state index contributed by atoms with van der Waals surface area (Å²) in [5.41, 5.74) is 0. The van der Waals surface area contributed by atoms with E-state index in [-0.39, 0.29) is 0 Å². The number of hydrogen-bond acceptors (Lipinski definition) is 4. The molecule has 1 atom stereocenters. The fourth-order valence-corrected chi connectivity index (χ4v) is 1.07. The van der Waals surface area contributed by atoms with Crippen LogP contribution in [-0.4, -0.2) is 17.1 Å². The van der Waals surface area contributed by atoms with E-state index in [0.717, 1.165) is 12.2 Å². The smallest absolute Gasteiger partial charge is 0.325 e. The first-order valence-corrected chi connectivity index (χ1v) is 3.44. The van der Waals surface area contributed by atoms with Crippen LogP contribution in [0.2, 0.25) is 0 Å². The Morgan fingerprint density at radius 2 is 2.70 bits per heavy atom. The summed E-state index contributed by atoms with van der Waals surface area (Å²) in [6.07, 6.45) is 1.51. The third-order valence-corrected chi connectivity index (χ3v) is 1.71. The molecule has 0 fully saturated rings. The summed E-state index contributed by atoms with van der Waals surface area (Å²) in [6, 6.07) is -0.626. The number of allylic oxidation sites excluding steroid dienone is 1. The number of carboxylic acid groups (broad SMARTS) is 1. The molecule has 0 saturated heterocycles. The topological polar surface area (TPSA) is 58.6 Å². The lowest BCUT2D eigenvalue weighted by atomic mass is 10.3. The molecule has 10 heavy (non-hydrogen) atoms. The molecule has 1 heterocycles. The first kappa shape index (κ1) is 7.43. The summed E-state index contributed by atoms with van der Waals surface area (Å²) >= 11 is 0.940. The lowest BCUT2D eigenvalue weighted by molar-refractivity contribution is -0.137. The van der Waals surface area contributed by atoms with E-state index in [9.17, 15) is 4.79 Å². The fourth-order valence-electron chi connectivity index (χ4n) is 0.560. The van der Waals surface area contributed by atoms with Crippen LogP contribution in [0.25, 0.3) is 0 Å². The van der Waals surface area contributed by atoms with Gasteiger partial charge in [-0.2, -0.15) is 0 Å². The van der Waals surface area contributed by atoms with Gasteiger partial charge in [-0.3, -0.25) is 4.79 Å². The molecular formula is C5H7NO3S. The van der Waals surface area contributed by atoms with Gasteiger partial charge in [0.2, 0.25) is 0 Å². The van der Waals surface area contributed by atoms with E-state index in [1.54, 1.807) is 6.92 Å². The third kappa shape index (κ3) is 1.65. The highest BCUT2D eigenvalue weighted by atomic mass is 32.2. The van der Waals surface area contributed by atoms with Gasteiger partial charge in [0.05, 0.1) is 0 Å². The molecule has 0 saturated carbocycles. The van der Waals surface area contributed by atoms with Gasteiger partial charge < -0.3 is 9.29 Å². The van der Waals surface area contributed by atoms with Gasteiger partial charge in [0.15, 0.2) is 0 Å². The predicted molar refractivity (Wildman–Crippen MR) is 37.0 cm³/mol. The van der Waals surface area contributed by atoms with Crippen molar-refractivity contribution in [2.24, 2.45) is 0 Å². The van der Waals surface area contributed by atoms with Crippen LogP contribution in [0.5, 0.6) is 0 Å². The largest absolute Gasteiger partial charge is 0.480 e. The minimum Gasteiger partial charge on any atom is -0.480 e. The van der Waals surface area contributed by atoms with Crippen molar-refractivity contribution in [2.75, 3.05) is 0 Å². The lowest BCUT2D eigenvalue weighted by Gasteiger charge is -2.15. The second kappa shape index (κ2) is 2.94. The second-order valence-corrected chi connectivity index (χ2v) is 2.45. The molecule has 2 N–H and O–H groups in total. The lowest BCUT2D eigenvalue weighted by Crippen LogP contribution is -2.32. The van der Waals surface area contributed by atoms with Gasteiger partial charge in [0.1, 0.15) is 24.0 Å². The van der Waals surface area contributed by atoms with Crippen molar-refractivity contribution in [3.05, 3.63) is 11.8 Å². The van der Waals surface area contributed by atoms with Crippen molar-refractivity contribution >= 4 is 18.2 Å². The first-order valence-electron chi connectivity index (χ1n) is 2.70. The van der Waals surface area contributed by atoms with E-state index in [1.165, 1.54) is 6.08 Å². The molecule has 0 aromatic heterocycles. The van der Waals surface area contributed by atoms with E-state index >= 15 is 0 Å². The predicted octanol–water partition coefficient (Wildman–Crippen LogP) is 0.526. The standard InChI is InChI=1S/C5H7NO3S/c1-3-2-4(5(7)8)6-10-9-3/h2,4,6H,1H3,(H,7,8). The molecule has 0 amide bonds. The van der Waals surface area contributed by atoms with Crippen molar-refractivity contribution in [3.8, 4) is 0 Å². The zero-order valence-electron chi connectivity index (χ0n) is 5.33. The minimum atomic E-state index is -0.893. The van der Waals surface area contributed by atoms with Crippen LogP contribution < -0.4 is 4.72 Å². The number of rotatable bonds is 1. The highest BCUT2D eigenvalue weighted by Gasteiger charge is 2.18. The first-order chi connectivity index (χ1) is 4.70. The number of nitrogens with one attached hydrogen (secondary N) is 1. The summed E-state index contributed by atoms with van der Waals surface area (Å²) < 4.78 is 7.43. The summed E-state index contributed by atoms with van der Waals surface area (Å²) in [4.78, 5) is 10.3. The van der Waals surface area contributed by atoms with Crippen molar-refractivity contribution in [1.82, 2.24) is 4.72 Å². The Labute approximate surface area is 62.6 Å². The molecule has 5 heteroatoms. The Balaban J connectivity index is 2.62. The molecule has 0 aromatic carbocycles. The molecule has 1 unspecified atom stereocenters. The maximum Gasteiger partial charge on any atom is 0.325 e. The van der Waals surface area contributed by atoms with Crippen molar-refractivity contribution in [3.63, 3.8) is 0 Å². The Kier molecular flexibility index (Phi) is 2.18. The minimum absolute atomic E-state index is 0.621. The van der Waals surface area contributed by atoms with E-state index in [1.807, 2.05) is 0 Å². The molecular weight excluding hydrogens is 154 g/mol. The van der Waals surface area contributed by atoms with Crippen LogP contribution in [0.3, 0.4) is 0 Å². The number of hydrogen-bond donors (Lipinski definition) is 2. The van der Waals surface area contributed by atoms with E-state index in [2.05, 4.69) is 4.72 Å². The summed E-state index contributed by atoms with van der Waals surface area (Å²) in [7, 11) is 0. The SMILES string of the molecule is CC1=CC(C(=O)O)NSO1. The van der Waals surface area contributed by atoms with Crippen LogP contribution in [0, 0.1) is 0 Å². The van der Waals surface area contributed by atoms with Crippen LogP contribution >= 0.6 is 12.2 Å². The highest BCUT2D eigenvalue weighted by Crippen LogP contribution is 2.14. The molecule has 0 aliphatic carbocycles. The quantitative estimate of drug-likeness (QED) is 0.434. The van der Waals surface area contributed by atoms with Crippen molar-refractivity contribution in [1.29, 1.82) is 0 Å². The van der Waals surface area contributed by atoms with Crippen molar-refractivity contribution < 1.29 is 14.1 Å². The molecule has 1 aliphatic heterocycles. The van der Waals surface area contributed by atoms with Gasteiger partial charge in [-0.1, -0.05) is 0 Å². The van der Waals surface area contributed by atoms with Gasteiger partial charge in [0, 0.05) is 0 Å². The Morgan fingerprint density at radius 3 is 3.10 bits per heavy atom. The maximum atomic E-state index is 10.3. The zero-order chi connectivity index (χ0) is 7.56. The van der Waals surface area contributed by atoms with Crippen LogP contribution in [0.15, 0.2) is 11.8 Å². The van der Waals surface area contributed by atoms with Gasteiger partial charge in [-0.25, -0.2) is 4.72 Å². The van der Waals surface area contributed by atoms with Crippen LogP contribution in [-0.2, 0) is 8.98 Å². The molecule has 0 radical (unpaired) electrons. The highest BCUT2D eigenvalue weighted by molar-refractivity contribution is 7.92. The number of aliphatic carboxylic acids is 1. The number of carbonyl (C=O) groups is 1.